The molecule has 0 aromatic heterocycles. The van der Waals surface area contributed by atoms with Gasteiger partial charge in [-0.25, -0.2) is 13.1 Å². The zero-order chi connectivity index (χ0) is 14.1. The van der Waals surface area contributed by atoms with Gasteiger partial charge >= 0.3 is 0 Å². The molecule has 1 aliphatic rings. The smallest absolute Gasteiger partial charge is 0.240 e. The lowest BCUT2D eigenvalue weighted by atomic mass is 10.1. The third-order valence-corrected chi connectivity index (χ3v) is 5.45. The number of hydrogen-bond acceptors (Lipinski definition) is 3. The van der Waals surface area contributed by atoms with Crippen molar-refractivity contribution in [2.24, 2.45) is 11.1 Å². The molecule has 0 unspecified atom stereocenters. The molecule has 0 radical (unpaired) electrons. The van der Waals surface area contributed by atoms with E-state index in [4.69, 9.17) is 18.0 Å². The maximum absolute atomic E-state index is 12.1. The number of sulfonamides is 1. The summed E-state index contributed by atoms with van der Waals surface area (Å²) in [5.41, 5.74) is 6.34. The van der Waals surface area contributed by atoms with Crippen LogP contribution in [0.15, 0.2) is 29.2 Å². The van der Waals surface area contributed by atoms with Crippen molar-refractivity contribution in [2.75, 3.05) is 6.54 Å². The molecule has 0 spiro atoms. The average molecular weight is 298 g/mol. The standard InChI is InChI=1S/C13H18N2O2S2/c1-2-13(7-8-13)9-15-19(16,17)11-5-3-10(4-6-11)12(14)18/h3-6,15H,2,7-9H2,1H3,(H2,14,18). The third kappa shape index (κ3) is 3.32. The molecule has 104 valence electrons. The Bertz CT molecular complexity index is 575. The van der Waals surface area contributed by atoms with Crippen molar-refractivity contribution in [1.82, 2.24) is 4.72 Å². The van der Waals surface area contributed by atoms with Crippen LogP contribution in [0.25, 0.3) is 0 Å². The second kappa shape index (κ2) is 5.19. The molecule has 2 rings (SSSR count). The molecule has 6 heteroatoms. The molecular weight excluding hydrogens is 280 g/mol. The van der Waals surface area contributed by atoms with Gasteiger partial charge in [0.05, 0.1) is 4.90 Å². The van der Waals surface area contributed by atoms with Crippen molar-refractivity contribution >= 4 is 27.2 Å². The van der Waals surface area contributed by atoms with Crippen LogP contribution in [0.3, 0.4) is 0 Å². The Balaban J connectivity index is 2.08. The number of nitrogens with one attached hydrogen (secondary N) is 1. The van der Waals surface area contributed by atoms with E-state index in [1.54, 1.807) is 12.1 Å². The predicted octanol–water partition coefficient (Wildman–Crippen LogP) is 1.79. The minimum absolute atomic E-state index is 0.186. The Morgan fingerprint density at radius 2 is 1.95 bits per heavy atom. The number of hydrogen-bond donors (Lipinski definition) is 2. The normalized spacial score (nSPS) is 17.1. The number of nitrogens with two attached hydrogens (primary N) is 1. The lowest BCUT2D eigenvalue weighted by Gasteiger charge is -2.13. The van der Waals surface area contributed by atoms with Gasteiger partial charge in [0.2, 0.25) is 10.0 Å². The summed E-state index contributed by atoms with van der Waals surface area (Å²) in [4.78, 5) is 0.513. The van der Waals surface area contributed by atoms with Crippen LogP contribution < -0.4 is 10.5 Å². The summed E-state index contributed by atoms with van der Waals surface area (Å²) in [6.45, 7) is 2.61. The first-order valence-corrected chi connectivity index (χ1v) is 8.17. The van der Waals surface area contributed by atoms with Crippen molar-refractivity contribution in [2.45, 2.75) is 31.1 Å². The van der Waals surface area contributed by atoms with Gasteiger partial charge in [-0.3, -0.25) is 0 Å². The van der Waals surface area contributed by atoms with E-state index < -0.39 is 10.0 Å². The number of benzene rings is 1. The van der Waals surface area contributed by atoms with Gasteiger partial charge in [-0.15, -0.1) is 0 Å². The number of thiocarbonyl (C=S) groups is 1. The summed E-state index contributed by atoms with van der Waals surface area (Å²) in [5.74, 6) is 0. The molecule has 3 N–H and O–H groups in total. The summed E-state index contributed by atoms with van der Waals surface area (Å²) in [6, 6.07) is 6.32. The molecule has 0 saturated heterocycles. The monoisotopic (exact) mass is 298 g/mol. The lowest BCUT2D eigenvalue weighted by molar-refractivity contribution is 0.475. The molecule has 19 heavy (non-hydrogen) atoms. The molecule has 0 heterocycles. The van der Waals surface area contributed by atoms with Crippen LogP contribution >= 0.6 is 12.2 Å². The Morgan fingerprint density at radius 3 is 2.37 bits per heavy atom. The minimum atomic E-state index is -3.44. The highest BCUT2D eigenvalue weighted by Crippen LogP contribution is 2.48. The minimum Gasteiger partial charge on any atom is -0.389 e. The van der Waals surface area contributed by atoms with Gasteiger partial charge in [0.15, 0.2) is 0 Å². The summed E-state index contributed by atoms with van der Waals surface area (Å²) < 4.78 is 26.9. The zero-order valence-electron chi connectivity index (χ0n) is 10.8. The first-order valence-electron chi connectivity index (χ1n) is 6.28. The highest BCUT2D eigenvalue weighted by molar-refractivity contribution is 7.89. The molecule has 4 nitrogen and oxygen atoms in total. The SMILES string of the molecule is CCC1(CNS(=O)(=O)c2ccc(C(N)=S)cc2)CC1. The molecule has 0 bridgehead atoms. The van der Waals surface area contributed by atoms with E-state index in [-0.39, 0.29) is 15.3 Å². The van der Waals surface area contributed by atoms with Crippen LogP contribution in [0, 0.1) is 5.41 Å². The fraction of sp³-hybridized carbons (Fsp3) is 0.462. The van der Waals surface area contributed by atoms with Gasteiger partial charge in [0, 0.05) is 12.1 Å². The highest BCUT2D eigenvalue weighted by atomic mass is 32.2. The van der Waals surface area contributed by atoms with E-state index in [9.17, 15) is 8.42 Å². The van der Waals surface area contributed by atoms with Crippen LogP contribution in [-0.2, 0) is 10.0 Å². The fourth-order valence-corrected chi connectivity index (χ4v) is 3.26. The first-order chi connectivity index (χ1) is 8.88. The largest absolute Gasteiger partial charge is 0.389 e. The topological polar surface area (TPSA) is 72.2 Å². The molecule has 1 aliphatic carbocycles. The molecule has 1 saturated carbocycles. The molecule has 0 atom stereocenters. The maximum atomic E-state index is 12.1. The van der Waals surface area contributed by atoms with Gasteiger partial charge in [-0.2, -0.15) is 0 Å². The third-order valence-electron chi connectivity index (χ3n) is 3.79. The molecule has 0 aliphatic heterocycles. The Labute approximate surface area is 119 Å². The van der Waals surface area contributed by atoms with Gasteiger partial charge in [0.25, 0.3) is 0 Å². The van der Waals surface area contributed by atoms with Gasteiger partial charge in [-0.1, -0.05) is 31.3 Å². The molecule has 1 aromatic carbocycles. The average Bonchev–Trinajstić information content (AvgIpc) is 3.17. The lowest BCUT2D eigenvalue weighted by Crippen LogP contribution is -2.30. The van der Waals surface area contributed by atoms with Crippen molar-refractivity contribution in [1.29, 1.82) is 0 Å². The Hall–Kier alpha value is -0.980. The van der Waals surface area contributed by atoms with Crippen molar-refractivity contribution in [3.05, 3.63) is 29.8 Å². The zero-order valence-corrected chi connectivity index (χ0v) is 12.5. The highest BCUT2D eigenvalue weighted by Gasteiger charge is 2.41. The second-order valence-electron chi connectivity index (χ2n) is 5.07. The quantitative estimate of drug-likeness (QED) is 0.785. The van der Waals surface area contributed by atoms with E-state index in [0.29, 0.717) is 12.1 Å². The summed E-state index contributed by atoms with van der Waals surface area (Å²) in [6.07, 6.45) is 3.22. The van der Waals surface area contributed by atoms with Crippen LogP contribution in [0.2, 0.25) is 0 Å². The van der Waals surface area contributed by atoms with E-state index in [0.717, 1.165) is 19.3 Å². The van der Waals surface area contributed by atoms with Crippen molar-refractivity contribution in [3.8, 4) is 0 Å². The fourth-order valence-electron chi connectivity index (χ4n) is 1.96. The van der Waals surface area contributed by atoms with Gasteiger partial charge < -0.3 is 5.73 Å². The summed E-state index contributed by atoms with van der Waals surface area (Å²) >= 11 is 4.84. The summed E-state index contributed by atoms with van der Waals surface area (Å²) in [5, 5.41) is 0. The Morgan fingerprint density at radius 1 is 1.37 bits per heavy atom. The molecular formula is C13H18N2O2S2. The molecule has 1 fully saturated rings. The van der Waals surface area contributed by atoms with Crippen molar-refractivity contribution < 1.29 is 8.42 Å². The van der Waals surface area contributed by atoms with E-state index in [2.05, 4.69) is 11.6 Å². The maximum Gasteiger partial charge on any atom is 0.240 e. The van der Waals surface area contributed by atoms with Crippen LogP contribution in [0.1, 0.15) is 31.7 Å². The van der Waals surface area contributed by atoms with E-state index >= 15 is 0 Å². The van der Waals surface area contributed by atoms with E-state index in [1.165, 1.54) is 12.1 Å². The van der Waals surface area contributed by atoms with Crippen LogP contribution in [-0.4, -0.2) is 20.0 Å². The number of rotatable bonds is 6. The summed E-state index contributed by atoms with van der Waals surface area (Å²) in [7, 11) is -3.44. The van der Waals surface area contributed by atoms with Gasteiger partial charge in [-0.05, 0) is 36.8 Å². The van der Waals surface area contributed by atoms with Crippen LogP contribution in [0.4, 0.5) is 0 Å². The van der Waals surface area contributed by atoms with Crippen molar-refractivity contribution in [3.63, 3.8) is 0 Å². The predicted molar refractivity (Wildman–Crippen MR) is 79.5 cm³/mol. The van der Waals surface area contributed by atoms with Crippen LogP contribution in [0.5, 0.6) is 0 Å². The molecule has 0 amide bonds. The Kier molecular flexibility index (Phi) is 3.94. The van der Waals surface area contributed by atoms with E-state index in [1.807, 2.05) is 0 Å². The first kappa shape index (κ1) is 14.4. The van der Waals surface area contributed by atoms with Gasteiger partial charge in [0.1, 0.15) is 4.99 Å². The molecule has 1 aromatic rings. The second-order valence-corrected chi connectivity index (χ2v) is 7.27.